The van der Waals surface area contributed by atoms with Crippen molar-refractivity contribution in [2.75, 3.05) is 31.6 Å². The third-order valence-corrected chi connectivity index (χ3v) is 5.26. The number of benzene rings is 1. The number of nitrogens with one attached hydrogen (secondary N) is 1. The molecule has 1 aromatic heterocycles. The first-order valence-electron chi connectivity index (χ1n) is 9.36. The number of quaternary nitrogens is 1. The van der Waals surface area contributed by atoms with Gasteiger partial charge in [0, 0.05) is 5.56 Å². The highest BCUT2D eigenvalue weighted by Gasteiger charge is 2.31. The molecule has 0 aliphatic carbocycles. The SMILES string of the molecule is C[N+]1(Cc2ccccc2)CCCC(N=C(N)NC(=O)c2nc(Cl)c(N)nc2N)C1.[Cl-]. The number of nitrogens with two attached hydrogens (primary N) is 3. The number of piperidine rings is 1. The monoisotopic (exact) mass is 452 g/mol. The summed E-state index contributed by atoms with van der Waals surface area (Å²) in [6.07, 6.45) is 1.94. The number of carbonyl (C=O) groups excluding carboxylic acids is 1. The van der Waals surface area contributed by atoms with Gasteiger partial charge in [-0.2, -0.15) is 0 Å². The molecule has 1 aliphatic rings. The van der Waals surface area contributed by atoms with E-state index < -0.39 is 5.91 Å². The van der Waals surface area contributed by atoms with Crippen LogP contribution in [0.3, 0.4) is 0 Å². The lowest BCUT2D eigenvalue weighted by Crippen LogP contribution is -3.00. The Labute approximate surface area is 186 Å². The summed E-state index contributed by atoms with van der Waals surface area (Å²) < 4.78 is 0.866. The summed E-state index contributed by atoms with van der Waals surface area (Å²) in [7, 11) is 2.22. The number of nitrogen functional groups attached to an aromatic ring is 2. The van der Waals surface area contributed by atoms with Crippen molar-refractivity contribution in [2.24, 2.45) is 10.7 Å². The lowest BCUT2D eigenvalue weighted by Gasteiger charge is -2.40. The van der Waals surface area contributed by atoms with Crippen LogP contribution in [0.25, 0.3) is 0 Å². The summed E-state index contributed by atoms with van der Waals surface area (Å²) in [5.74, 6) is -0.778. The van der Waals surface area contributed by atoms with Crippen molar-refractivity contribution in [1.82, 2.24) is 15.3 Å². The van der Waals surface area contributed by atoms with Crippen molar-refractivity contribution in [3.8, 4) is 0 Å². The number of aliphatic imine (C=N–C) groups is 1. The summed E-state index contributed by atoms with van der Waals surface area (Å²) in [4.78, 5) is 24.6. The quantitative estimate of drug-likeness (QED) is 0.243. The fourth-order valence-electron chi connectivity index (χ4n) is 3.69. The van der Waals surface area contributed by atoms with E-state index in [-0.39, 0.29) is 46.9 Å². The van der Waals surface area contributed by atoms with E-state index in [4.69, 9.17) is 28.8 Å². The standard InChI is InChI=1S/C19H25ClN8O.ClH/c1-28(10-12-6-3-2-4-7-12)9-5-8-13(11-28)24-19(23)27-18(29)14-16(21)26-17(22)15(20)25-14;/h2-4,6-7,13H,5,8-11H2,1H3,(H6-,21,22,23,24,26,27,29);1H. The Balaban J connectivity index is 0.00000320. The first kappa shape index (κ1) is 23.7. The summed E-state index contributed by atoms with van der Waals surface area (Å²) >= 11 is 5.82. The van der Waals surface area contributed by atoms with Gasteiger partial charge in [0.1, 0.15) is 19.1 Å². The van der Waals surface area contributed by atoms with Crippen molar-refractivity contribution in [2.45, 2.75) is 25.4 Å². The maximum atomic E-state index is 12.4. The number of likely N-dealkylation sites (tertiary alicyclic amines) is 1. The number of carbonyl (C=O) groups is 1. The number of anilines is 2. The minimum absolute atomic E-state index is 0. The number of guanidine groups is 1. The third kappa shape index (κ3) is 5.94. The van der Waals surface area contributed by atoms with Gasteiger partial charge in [0.2, 0.25) is 0 Å². The van der Waals surface area contributed by atoms with Crippen molar-refractivity contribution in [1.29, 1.82) is 0 Å². The molecule has 2 atom stereocenters. The van der Waals surface area contributed by atoms with Crippen LogP contribution in [0.5, 0.6) is 0 Å². The molecule has 30 heavy (non-hydrogen) atoms. The molecule has 7 N–H and O–H groups in total. The molecular formula is C19H26Cl2N8O. The molecule has 3 rings (SSSR count). The second-order valence-electron chi connectivity index (χ2n) is 7.57. The van der Waals surface area contributed by atoms with Crippen LogP contribution >= 0.6 is 11.6 Å². The van der Waals surface area contributed by atoms with E-state index in [1.165, 1.54) is 5.56 Å². The molecule has 0 saturated carbocycles. The highest BCUT2D eigenvalue weighted by Crippen LogP contribution is 2.22. The van der Waals surface area contributed by atoms with Gasteiger partial charge in [0.25, 0.3) is 5.91 Å². The van der Waals surface area contributed by atoms with Gasteiger partial charge >= 0.3 is 0 Å². The van der Waals surface area contributed by atoms with Crippen LogP contribution in [0.4, 0.5) is 11.6 Å². The zero-order valence-electron chi connectivity index (χ0n) is 16.7. The van der Waals surface area contributed by atoms with Gasteiger partial charge in [-0.1, -0.05) is 41.9 Å². The predicted molar refractivity (Wildman–Crippen MR) is 114 cm³/mol. The van der Waals surface area contributed by atoms with Crippen LogP contribution in [0, 0.1) is 0 Å². The fraction of sp³-hybridized carbons (Fsp3) is 0.368. The number of nitrogens with zero attached hydrogens (tertiary/aromatic N) is 4. The van der Waals surface area contributed by atoms with Crippen LogP contribution in [-0.2, 0) is 6.54 Å². The Bertz CT molecular complexity index is 924. The van der Waals surface area contributed by atoms with Gasteiger partial charge in [-0.3, -0.25) is 10.1 Å². The normalized spacial score (nSPS) is 21.5. The molecule has 1 saturated heterocycles. The summed E-state index contributed by atoms with van der Waals surface area (Å²) in [6.45, 7) is 2.83. The average molecular weight is 453 g/mol. The Morgan fingerprint density at radius 3 is 2.67 bits per heavy atom. The van der Waals surface area contributed by atoms with Gasteiger partial charge in [-0.05, 0) is 12.8 Å². The fourth-order valence-corrected chi connectivity index (χ4v) is 3.81. The van der Waals surface area contributed by atoms with Gasteiger partial charge < -0.3 is 34.1 Å². The molecule has 0 bridgehead atoms. The van der Waals surface area contributed by atoms with Crippen LogP contribution in [0.2, 0.25) is 5.15 Å². The number of hydrogen-bond acceptors (Lipinski definition) is 6. The van der Waals surface area contributed by atoms with E-state index in [1.54, 1.807) is 0 Å². The van der Waals surface area contributed by atoms with E-state index in [0.717, 1.165) is 37.0 Å². The molecular weight excluding hydrogens is 427 g/mol. The van der Waals surface area contributed by atoms with Gasteiger partial charge in [0.05, 0.1) is 13.6 Å². The number of hydrogen-bond donors (Lipinski definition) is 4. The number of halogens is 2. The summed E-state index contributed by atoms with van der Waals surface area (Å²) in [5.41, 5.74) is 18.3. The van der Waals surface area contributed by atoms with E-state index >= 15 is 0 Å². The zero-order chi connectivity index (χ0) is 21.0. The molecule has 162 valence electrons. The van der Waals surface area contributed by atoms with Crippen LogP contribution < -0.4 is 34.9 Å². The minimum atomic E-state index is -0.629. The van der Waals surface area contributed by atoms with Gasteiger partial charge in [-0.15, -0.1) is 0 Å². The Morgan fingerprint density at radius 2 is 1.97 bits per heavy atom. The van der Waals surface area contributed by atoms with E-state index in [1.807, 2.05) is 18.2 Å². The molecule has 0 spiro atoms. The van der Waals surface area contributed by atoms with Crippen molar-refractivity contribution >= 4 is 35.1 Å². The van der Waals surface area contributed by atoms with Gasteiger partial charge in [-0.25, -0.2) is 15.0 Å². The molecule has 0 radical (unpaired) electrons. The molecule has 11 heteroatoms. The smallest absolute Gasteiger partial charge is 0.280 e. The predicted octanol–water partition coefficient (Wildman–Crippen LogP) is -1.85. The Kier molecular flexibility index (Phi) is 7.83. The molecule has 2 aromatic rings. The van der Waals surface area contributed by atoms with E-state index in [0.29, 0.717) is 0 Å². The molecule has 9 nitrogen and oxygen atoms in total. The second kappa shape index (κ2) is 9.92. The van der Waals surface area contributed by atoms with Crippen LogP contribution in [0.1, 0.15) is 28.9 Å². The number of likely N-dealkylation sites (N-methyl/N-ethyl adjacent to an activating group) is 1. The number of amides is 1. The van der Waals surface area contributed by atoms with Crippen molar-refractivity contribution < 1.29 is 21.7 Å². The highest BCUT2D eigenvalue weighted by molar-refractivity contribution is 6.31. The first-order chi connectivity index (χ1) is 13.8. The maximum Gasteiger partial charge on any atom is 0.280 e. The molecule has 1 aliphatic heterocycles. The van der Waals surface area contributed by atoms with Crippen molar-refractivity contribution in [3.05, 3.63) is 46.7 Å². The lowest BCUT2D eigenvalue weighted by atomic mass is 10.0. The number of rotatable bonds is 4. The van der Waals surface area contributed by atoms with Crippen molar-refractivity contribution in [3.63, 3.8) is 0 Å². The Hall–Kier alpha value is -2.62. The molecule has 1 amide bonds. The second-order valence-corrected chi connectivity index (χ2v) is 7.93. The summed E-state index contributed by atoms with van der Waals surface area (Å²) in [5, 5.41) is 2.41. The number of aromatic nitrogens is 2. The highest BCUT2D eigenvalue weighted by atomic mass is 35.5. The third-order valence-electron chi connectivity index (χ3n) is 4.98. The molecule has 1 aromatic carbocycles. The van der Waals surface area contributed by atoms with Gasteiger partial charge in [0.15, 0.2) is 28.4 Å². The van der Waals surface area contributed by atoms with Crippen LogP contribution in [0.15, 0.2) is 35.3 Å². The minimum Gasteiger partial charge on any atom is -1.00 e. The topological polar surface area (TPSA) is 145 Å². The van der Waals surface area contributed by atoms with E-state index in [9.17, 15) is 4.79 Å². The Morgan fingerprint density at radius 1 is 1.27 bits per heavy atom. The largest absolute Gasteiger partial charge is 1.00 e. The molecule has 1 fully saturated rings. The van der Waals surface area contributed by atoms with E-state index in [2.05, 4.69) is 39.5 Å². The van der Waals surface area contributed by atoms with Crippen LogP contribution in [-0.4, -0.2) is 52.5 Å². The molecule has 2 heterocycles. The molecule has 2 unspecified atom stereocenters. The summed E-state index contributed by atoms with van der Waals surface area (Å²) in [6, 6.07) is 10.4. The lowest BCUT2D eigenvalue weighted by molar-refractivity contribution is -0.927. The first-order valence-corrected chi connectivity index (χ1v) is 9.74. The maximum absolute atomic E-state index is 12.4. The zero-order valence-corrected chi connectivity index (χ0v) is 18.2. The average Bonchev–Trinajstić information content (AvgIpc) is 2.65.